The van der Waals surface area contributed by atoms with Crippen molar-refractivity contribution in [3.63, 3.8) is 0 Å². The smallest absolute Gasteiger partial charge is 0.0337 e. The highest BCUT2D eigenvalue weighted by Crippen LogP contribution is 2.24. The van der Waals surface area contributed by atoms with Crippen molar-refractivity contribution in [3.8, 4) is 0 Å². The highest BCUT2D eigenvalue weighted by Gasteiger charge is 2.16. The summed E-state index contributed by atoms with van der Waals surface area (Å²) in [7, 11) is 0. The minimum Gasteiger partial charge on any atom is -0.361 e. The molecule has 0 unspecified atom stereocenters. The lowest BCUT2D eigenvalue weighted by atomic mass is 9.93. The molecule has 0 aromatic carbocycles. The summed E-state index contributed by atoms with van der Waals surface area (Å²) in [6.45, 7) is 8.76. The molecule has 11 heavy (non-hydrogen) atoms. The van der Waals surface area contributed by atoms with Gasteiger partial charge in [-0.15, -0.1) is 0 Å². The molecule has 1 heterocycles. The Balaban J connectivity index is 3.08. The van der Waals surface area contributed by atoms with E-state index < -0.39 is 0 Å². The zero-order chi connectivity index (χ0) is 8.65. The number of nitrogens with one attached hydrogen (secondary N) is 1. The van der Waals surface area contributed by atoms with Crippen LogP contribution in [-0.4, -0.2) is 4.98 Å². The van der Waals surface area contributed by atoms with Gasteiger partial charge in [-0.05, 0) is 35.6 Å². The Bertz CT molecular complexity index is 236. The van der Waals surface area contributed by atoms with Crippen LogP contribution in [0.5, 0.6) is 0 Å². The molecule has 1 nitrogen and oxygen atoms in total. The van der Waals surface area contributed by atoms with Crippen molar-refractivity contribution in [3.05, 3.63) is 21.0 Å². The molecule has 0 spiro atoms. The van der Waals surface area contributed by atoms with Gasteiger partial charge in [0.2, 0.25) is 0 Å². The van der Waals surface area contributed by atoms with Gasteiger partial charge >= 0.3 is 0 Å². The molecule has 0 atom stereocenters. The molecule has 62 valence electrons. The van der Waals surface area contributed by atoms with Crippen LogP contribution in [0, 0.1) is 10.5 Å². The summed E-state index contributed by atoms with van der Waals surface area (Å²) in [5.74, 6) is 0. The fourth-order valence-electron chi connectivity index (χ4n) is 0.937. The first kappa shape index (κ1) is 9.10. The largest absolute Gasteiger partial charge is 0.361 e. The zero-order valence-electron chi connectivity index (χ0n) is 7.46. The SMILES string of the molecule is Cc1[nH]c(C(C)(C)C)cc1I. The summed E-state index contributed by atoms with van der Waals surface area (Å²) in [4.78, 5) is 3.38. The average Bonchev–Trinajstić information content (AvgIpc) is 2.11. The first-order valence-corrected chi connectivity index (χ1v) is 4.85. The Morgan fingerprint density at radius 2 is 1.91 bits per heavy atom. The minimum atomic E-state index is 0.244. The lowest BCUT2D eigenvalue weighted by Gasteiger charge is -2.15. The Kier molecular flexibility index (Phi) is 2.32. The molecule has 0 radical (unpaired) electrons. The third-order valence-corrected chi connectivity index (χ3v) is 2.88. The molecule has 0 saturated carbocycles. The molecule has 0 aliphatic carbocycles. The van der Waals surface area contributed by atoms with Gasteiger partial charge in [-0.3, -0.25) is 0 Å². The van der Waals surface area contributed by atoms with E-state index in [1.54, 1.807) is 0 Å². The number of aryl methyl sites for hydroxylation is 1. The van der Waals surface area contributed by atoms with Crippen LogP contribution in [0.25, 0.3) is 0 Å². The van der Waals surface area contributed by atoms with Gasteiger partial charge in [0.05, 0.1) is 0 Å². The summed E-state index contributed by atoms with van der Waals surface area (Å²) in [6.07, 6.45) is 0. The van der Waals surface area contributed by atoms with Gasteiger partial charge in [0.25, 0.3) is 0 Å². The van der Waals surface area contributed by atoms with E-state index in [0.29, 0.717) is 0 Å². The number of aromatic amines is 1. The van der Waals surface area contributed by atoms with Gasteiger partial charge in [0.15, 0.2) is 0 Å². The highest BCUT2D eigenvalue weighted by molar-refractivity contribution is 14.1. The molecule has 0 aliphatic rings. The number of halogens is 1. The maximum absolute atomic E-state index is 3.38. The molecule has 1 aromatic heterocycles. The predicted molar refractivity (Wildman–Crippen MR) is 56.9 cm³/mol. The van der Waals surface area contributed by atoms with Crippen molar-refractivity contribution in [2.45, 2.75) is 33.1 Å². The zero-order valence-corrected chi connectivity index (χ0v) is 9.61. The molecule has 1 aromatic rings. The fraction of sp³-hybridized carbons (Fsp3) is 0.556. The van der Waals surface area contributed by atoms with E-state index in [1.165, 1.54) is 15.0 Å². The monoisotopic (exact) mass is 263 g/mol. The molecular formula is C9H14IN. The summed E-state index contributed by atoms with van der Waals surface area (Å²) >= 11 is 2.35. The van der Waals surface area contributed by atoms with Gasteiger partial charge in [0.1, 0.15) is 0 Å². The van der Waals surface area contributed by atoms with E-state index in [0.717, 1.165) is 0 Å². The molecule has 2 heteroatoms. The maximum Gasteiger partial charge on any atom is 0.0337 e. The minimum absolute atomic E-state index is 0.244. The van der Waals surface area contributed by atoms with Crippen LogP contribution in [0.2, 0.25) is 0 Å². The van der Waals surface area contributed by atoms with Crippen LogP contribution in [-0.2, 0) is 5.41 Å². The van der Waals surface area contributed by atoms with Crippen LogP contribution in [0.3, 0.4) is 0 Å². The van der Waals surface area contributed by atoms with Crippen molar-refractivity contribution in [2.24, 2.45) is 0 Å². The molecule has 0 amide bonds. The predicted octanol–water partition coefficient (Wildman–Crippen LogP) is 3.23. The van der Waals surface area contributed by atoms with Crippen molar-refractivity contribution in [2.75, 3.05) is 0 Å². The van der Waals surface area contributed by atoms with Gasteiger partial charge in [0, 0.05) is 20.4 Å². The van der Waals surface area contributed by atoms with Gasteiger partial charge in [-0.2, -0.15) is 0 Å². The number of aromatic nitrogens is 1. The lowest BCUT2D eigenvalue weighted by Crippen LogP contribution is -2.11. The normalized spacial score (nSPS) is 12.1. The van der Waals surface area contributed by atoms with Crippen molar-refractivity contribution >= 4 is 22.6 Å². The molecule has 1 rings (SSSR count). The first-order valence-electron chi connectivity index (χ1n) is 3.77. The molecule has 0 saturated heterocycles. The van der Waals surface area contributed by atoms with Crippen LogP contribution >= 0.6 is 22.6 Å². The van der Waals surface area contributed by atoms with Gasteiger partial charge < -0.3 is 4.98 Å². The van der Waals surface area contributed by atoms with E-state index in [1.807, 2.05) is 0 Å². The molecular weight excluding hydrogens is 249 g/mol. The Morgan fingerprint density at radius 3 is 2.09 bits per heavy atom. The second-order valence-electron chi connectivity index (χ2n) is 3.91. The highest BCUT2D eigenvalue weighted by atomic mass is 127. The summed E-state index contributed by atoms with van der Waals surface area (Å²) in [6, 6.07) is 2.22. The maximum atomic E-state index is 3.38. The second kappa shape index (κ2) is 2.81. The summed E-state index contributed by atoms with van der Waals surface area (Å²) in [5, 5.41) is 0. The van der Waals surface area contributed by atoms with Gasteiger partial charge in [-0.1, -0.05) is 20.8 Å². The van der Waals surface area contributed by atoms with Crippen LogP contribution in [0.15, 0.2) is 6.07 Å². The molecule has 0 aliphatic heterocycles. The Hall–Kier alpha value is 0.01000. The van der Waals surface area contributed by atoms with Crippen LogP contribution in [0.1, 0.15) is 32.2 Å². The van der Waals surface area contributed by atoms with Crippen LogP contribution in [0.4, 0.5) is 0 Å². The standard InChI is InChI=1S/C9H14IN/c1-6-7(10)5-8(11-6)9(2,3)4/h5,11H,1-4H3. The molecule has 0 bridgehead atoms. The van der Waals surface area contributed by atoms with E-state index in [9.17, 15) is 0 Å². The summed E-state index contributed by atoms with van der Waals surface area (Å²) in [5.41, 5.74) is 2.84. The summed E-state index contributed by atoms with van der Waals surface area (Å²) < 4.78 is 1.33. The fourth-order valence-corrected chi connectivity index (χ4v) is 1.38. The van der Waals surface area contributed by atoms with E-state index >= 15 is 0 Å². The number of hydrogen-bond donors (Lipinski definition) is 1. The lowest BCUT2D eigenvalue weighted by molar-refractivity contribution is 0.571. The van der Waals surface area contributed by atoms with Crippen LogP contribution < -0.4 is 0 Å². The Morgan fingerprint density at radius 1 is 1.36 bits per heavy atom. The third-order valence-electron chi connectivity index (χ3n) is 1.76. The van der Waals surface area contributed by atoms with Gasteiger partial charge in [-0.25, -0.2) is 0 Å². The third kappa shape index (κ3) is 1.98. The Labute approximate surface area is 81.7 Å². The second-order valence-corrected chi connectivity index (χ2v) is 5.07. The number of hydrogen-bond acceptors (Lipinski definition) is 0. The number of rotatable bonds is 0. The first-order chi connectivity index (χ1) is 4.91. The average molecular weight is 263 g/mol. The van der Waals surface area contributed by atoms with E-state index in [-0.39, 0.29) is 5.41 Å². The van der Waals surface area contributed by atoms with Crippen molar-refractivity contribution in [1.82, 2.24) is 4.98 Å². The van der Waals surface area contributed by atoms with Crippen molar-refractivity contribution < 1.29 is 0 Å². The molecule has 0 fully saturated rings. The van der Waals surface area contributed by atoms with E-state index in [4.69, 9.17) is 0 Å². The van der Waals surface area contributed by atoms with E-state index in [2.05, 4.69) is 61.3 Å². The number of H-pyrrole nitrogens is 1. The topological polar surface area (TPSA) is 15.8 Å². The molecule has 1 N–H and O–H groups in total. The quantitative estimate of drug-likeness (QED) is 0.692. The van der Waals surface area contributed by atoms with Crippen molar-refractivity contribution in [1.29, 1.82) is 0 Å².